The third kappa shape index (κ3) is 3.40. The number of hydrogen-bond donors (Lipinski definition) is 2. The number of carbonyl (C=O) groups excluding carboxylic acids is 2. The number of carbonyl (C=O) groups is 2. The lowest BCUT2D eigenvalue weighted by Crippen LogP contribution is -2.15. The molecule has 0 radical (unpaired) electrons. The van der Waals surface area contributed by atoms with Crippen molar-refractivity contribution in [2.45, 2.75) is 13.3 Å². The van der Waals surface area contributed by atoms with Crippen LogP contribution in [0, 0.1) is 0 Å². The number of amides is 2. The number of nitrogens with one attached hydrogen (secondary N) is 2. The zero-order valence-electron chi connectivity index (χ0n) is 10.4. The van der Waals surface area contributed by atoms with E-state index in [1.807, 2.05) is 0 Å². The van der Waals surface area contributed by atoms with E-state index < -0.39 is 0 Å². The Hall–Kier alpha value is -2.65. The number of aromatic nitrogens is 1. The van der Waals surface area contributed by atoms with E-state index in [4.69, 9.17) is 0 Å². The van der Waals surface area contributed by atoms with E-state index in [0.717, 1.165) is 0 Å². The first-order valence-electron chi connectivity index (χ1n) is 5.90. The van der Waals surface area contributed by atoms with Crippen molar-refractivity contribution in [3.8, 4) is 0 Å². The SMILES string of the molecule is CCC(=O)Nc1cccc(NC(=O)C2=C=CC=C2)n1. The Morgan fingerprint density at radius 1 is 1.26 bits per heavy atom. The number of hydrogen-bond acceptors (Lipinski definition) is 3. The largest absolute Gasteiger partial charge is 0.311 e. The van der Waals surface area contributed by atoms with E-state index in [2.05, 4.69) is 21.3 Å². The van der Waals surface area contributed by atoms with Gasteiger partial charge in [0.1, 0.15) is 11.6 Å². The standard InChI is InChI=1S/C14H13N3O2/c1-2-13(18)16-11-8-5-9-12(15-11)17-14(19)10-6-3-4-7-10/h3-6,8-9H,2H2,1H3,(H2,15,16,17,18,19). The monoisotopic (exact) mass is 255 g/mol. The predicted octanol–water partition coefficient (Wildman–Crippen LogP) is 2.02. The van der Waals surface area contributed by atoms with Gasteiger partial charge in [-0.1, -0.05) is 19.1 Å². The summed E-state index contributed by atoms with van der Waals surface area (Å²) in [6, 6.07) is 5.03. The first-order chi connectivity index (χ1) is 9.19. The molecule has 0 fully saturated rings. The van der Waals surface area contributed by atoms with Gasteiger partial charge in [0.05, 0.1) is 5.57 Å². The van der Waals surface area contributed by atoms with Crippen molar-refractivity contribution in [1.29, 1.82) is 0 Å². The molecule has 0 spiro atoms. The normalized spacial score (nSPS) is 12.2. The Kier molecular flexibility index (Phi) is 3.90. The first-order valence-corrected chi connectivity index (χ1v) is 5.90. The molecule has 0 bridgehead atoms. The van der Waals surface area contributed by atoms with E-state index in [1.165, 1.54) is 0 Å². The lowest BCUT2D eigenvalue weighted by atomic mass is 10.3. The number of pyridine rings is 1. The molecule has 0 saturated carbocycles. The lowest BCUT2D eigenvalue weighted by Gasteiger charge is -2.06. The molecule has 1 aliphatic rings. The molecule has 2 N–H and O–H groups in total. The molecule has 5 heteroatoms. The summed E-state index contributed by atoms with van der Waals surface area (Å²) in [7, 11) is 0. The number of anilines is 2. The average Bonchev–Trinajstić information content (AvgIpc) is 2.93. The van der Waals surface area contributed by atoms with Gasteiger partial charge in [0, 0.05) is 6.42 Å². The van der Waals surface area contributed by atoms with Crippen LogP contribution >= 0.6 is 0 Å². The third-order valence-electron chi connectivity index (χ3n) is 2.42. The minimum absolute atomic E-state index is 0.125. The van der Waals surface area contributed by atoms with Crippen molar-refractivity contribution in [2.24, 2.45) is 0 Å². The second kappa shape index (κ2) is 5.80. The molecule has 5 nitrogen and oxygen atoms in total. The van der Waals surface area contributed by atoms with Gasteiger partial charge >= 0.3 is 0 Å². The summed E-state index contributed by atoms with van der Waals surface area (Å²) in [5.74, 6) is 0.390. The summed E-state index contributed by atoms with van der Waals surface area (Å²) < 4.78 is 0. The van der Waals surface area contributed by atoms with E-state index in [1.54, 1.807) is 43.4 Å². The van der Waals surface area contributed by atoms with Gasteiger partial charge in [-0.05, 0) is 24.3 Å². The topological polar surface area (TPSA) is 71.1 Å². The van der Waals surface area contributed by atoms with Crippen molar-refractivity contribution in [3.05, 3.63) is 47.7 Å². The molecule has 19 heavy (non-hydrogen) atoms. The van der Waals surface area contributed by atoms with Gasteiger partial charge in [-0.3, -0.25) is 9.59 Å². The van der Waals surface area contributed by atoms with Crippen molar-refractivity contribution in [2.75, 3.05) is 10.6 Å². The Morgan fingerprint density at radius 3 is 2.63 bits per heavy atom. The predicted molar refractivity (Wildman–Crippen MR) is 72.5 cm³/mol. The van der Waals surface area contributed by atoms with E-state index in [0.29, 0.717) is 23.6 Å². The molecular weight excluding hydrogens is 242 g/mol. The minimum atomic E-state index is -0.281. The van der Waals surface area contributed by atoms with Gasteiger partial charge in [-0.15, -0.1) is 5.73 Å². The molecule has 2 amide bonds. The summed E-state index contributed by atoms with van der Waals surface area (Å²) in [4.78, 5) is 27.2. The first kappa shape index (κ1) is 12.8. The van der Waals surface area contributed by atoms with Gasteiger partial charge in [0.2, 0.25) is 5.91 Å². The number of allylic oxidation sites excluding steroid dienone is 1. The molecule has 0 aromatic carbocycles. The maximum atomic E-state index is 11.8. The second-order valence-corrected chi connectivity index (χ2v) is 3.85. The van der Waals surface area contributed by atoms with E-state index in [-0.39, 0.29) is 11.8 Å². The molecule has 0 unspecified atom stereocenters. The minimum Gasteiger partial charge on any atom is -0.311 e. The van der Waals surface area contributed by atoms with Gasteiger partial charge in [-0.25, -0.2) is 4.98 Å². The van der Waals surface area contributed by atoms with Gasteiger partial charge < -0.3 is 10.6 Å². The van der Waals surface area contributed by atoms with Crippen LogP contribution in [-0.4, -0.2) is 16.8 Å². The van der Waals surface area contributed by atoms with Crippen molar-refractivity contribution < 1.29 is 9.59 Å². The van der Waals surface area contributed by atoms with E-state index >= 15 is 0 Å². The summed E-state index contributed by atoms with van der Waals surface area (Å²) in [5, 5.41) is 5.27. The average molecular weight is 255 g/mol. The highest BCUT2D eigenvalue weighted by Gasteiger charge is 2.09. The van der Waals surface area contributed by atoms with Crippen LogP contribution in [-0.2, 0) is 9.59 Å². The zero-order chi connectivity index (χ0) is 13.7. The molecule has 0 saturated heterocycles. The number of nitrogens with zero attached hydrogens (tertiary/aromatic N) is 1. The molecular formula is C14H13N3O2. The fraction of sp³-hybridized carbons (Fsp3) is 0.143. The summed E-state index contributed by atoms with van der Waals surface area (Å²) in [5.41, 5.74) is 3.25. The second-order valence-electron chi connectivity index (χ2n) is 3.85. The van der Waals surface area contributed by atoms with Crippen LogP contribution in [0.5, 0.6) is 0 Å². The Bertz CT molecular complexity index is 611. The van der Waals surface area contributed by atoms with Crippen LogP contribution in [0.2, 0.25) is 0 Å². The van der Waals surface area contributed by atoms with Crippen LogP contribution in [0.25, 0.3) is 0 Å². The molecule has 0 aliphatic heterocycles. The van der Waals surface area contributed by atoms with Crippen LogP contribution in [0.4, 0.5) is 11.6 Å². The molecule has 96 valence electrons. The van der Waals surface area contributed by atoms with Gasteiger partial charge in [-0.2, -0.15) is 0 Å². The van der Waals surface area contributed by atoms with Crippen LogP contribution < -0.4 is 10.6 Å². The molecule has 1 aliphatic carbocycles. The highest BCUT2D eigenvalue weighted by Crippen LogP contribution is 2.11. The zero-order valence-corrected chi connectivity index (χ0v) is 10.4. The van der Waals surface area contributed by atoms with Crippen molar-refractivity contribution in [3.63, 3.8) is 0 Å². The fourth-order valence-electron chi connectivity index (χ4n) is 1.46. The fourth-order valence-corrected chi connectivity index (χ4v) is 1.46. The van der Waals surface area contributed by atoms with Crippen LogP contribution in [0.15, 0.2) is 47.7 Å². The highest BCUT2D eigenvalue weighted by molar-refractivity contribution is 6.05. The Morgan fingerprint density at radius 2 is 2.00 bits per heavy atom. The maximum Gasteiger partial charge on any atom is 0.264 e. The van der Waals surface area contributed by atoms with E-state index in [9.17, 15) is 9.59 Å². The molecule has 1 heterocycles. The molecule has 2 rings (SSSR count). The molecule has 0 atom stereocenters. The van der Waals surface area contributed by atoms with Crippen molar-refractivity contribution in [1.82, 2.24) is 4.98 Å². The lowest BCUT2D eigenvalue weighted by molar-refractivity contribution is -0.116. The number of rotatable bonds is 4. The summed E-state index contributed by atoms with van der Waals surface area (Å²) in [6.07, 6.45) is 5.44. The molecule has 1 aromatic heterocycles. The Labute approximate surface area is 110 Å². The van der Waals surface area contributed by atoms with Gasteiger partial charge in [0.25, 0.3) is 5.91 Å². The summed E-state index contributed by atoms with van der Waals surface area (Å²) >= 11 is 0. The van der Waals surface area contributed by atoms with Gasteiger partial charge in [0.15, 0.2) is 0 Å². The maximum absolute atomic E-state index is 11.8. The van der Waals surface area contributed by atoms with Crippen molar-refractivity contribution >= 4 is 23.5 Å². The summed E-state index contributed by atoms with van der Waals surface area (Å²) in [6.45, 7) is 1.76. The third-order valence-corrected chi connectivity index (χ3v) is 2.42. The Balaban J connectivity index is 2.07. The molecule has 1 aromatic rings. The highest BCUT2D eigenvalue weighted by atomic mass is 16.2. The van der Waals surface area contributed by atoms with Crippen LogP contribution in [0.1, 0.15) is 13.3 Å². The smallest absolute Gasteiger partial charge is 0.264 e. The van der Waals surface area contributed by atoms with Crippen LogP contribution in [0.3, 0.4) is 0 Å². The quantitative estimate of drug-likeness (QED) is 0.808.